The first-order valence-electron chi connectivity index (χ1n) is 7.77. The lowest BCUT2D eigenvalue weighted by Gasteiger charge is -2.03. The molecule has 4 nitrogen and oxygen atoms in total. The van der Waals surface area contributed by atoms with Crippen LogP contribution in [0.5, 0.6) is 0 Å². The zero-order chi connectivity index (χ0) is 18.8. The molecule has 0 saturated carbocycles. The highest BCUT2D eigenvalue weighted by Crippen LogP contribution is 2.01. The average molecular weight is 340 g/mol. The van der Waals surface area contributed by atoms with Gasteiger partial charge in [-0.2, -0.15) is 0 Å². The van der Waals surface area contributed by atoms with Crippen LogP contribution in [0.4, 0.5) is 0 Å². The van der Waals surface area contributed by atoms with E-state index in [-0.39, 0.29) is 13.2 Å². The SMILES string of the molecule is C=C=C/C=C/C(=O)OCC/C=C\C(=C/C=C)COC(=O)/C=C/C=C/C. The molecule has 0 spiro atoms. The maximum absolute atomic E-state index is 11.5. The minimum atomic E-state index is -0.427. The Kier molecular flexibility index (Phi) is 13.8. The van der Waals surface area contributed by atoms with Gasteiger partial charge in [0.1, 0.15) is 6.61 Å². The number of ether oxygens (including phenoxy) is 2. The van der Waals surface area contributed by atoms with E-state index in [4.69, 9.17) is 9.47 Å². The highest BCUT2D eigenvalue weighted by Gasteiger charge is 1.98. The molecule has 0 saturated heterocycles. The first-order chi connectivity index (χ1) is 12.1. The maximum atomic E-state index is 11.5. The van der Waals surface area contributed by atoms with Crippen LogP contribution < -0.4 is 0 Å². The van der Waals surface area contributed by atoms with Crippen molar-refractivity contribution in [2.45, 2.75) is 13.3 Å². The smallest absolute Gasteiger partial charge is 0.331 e. The molecule has 0 fully saturated rings. The quantitative estimate of drug-likeness (QED) is 0.186. The van der Waals surface area contributed by atoms with Crippen LogP contribution in [-0.2, 0) is 19.1 Å². The van der Waals surface area contributed by atoms with E-state index >= 15 is 0 Å². The van der Waals surface area contributed by atoms with Gasteiger partial charge in [-0.15, -0.1) is 5.73 Å². The molecule has 0 atom stereocenters. The van der Waals surface area contributed by atoms with Gasteiger partial charge >= 0.3 is 11.9 Å². The third kappa shape index (κ3) is 14.2. The van der Waals surface area contributed by atoms with Crippen LogP contribution >= 0.6 is 0 Å². The standard InChI is InChI=1S/C21H24O4/c1-4-7-9-15-20(22)24-17-12-11-14-19(13-6-3)18-25-21(23)16-10-8-5-2/h5-11,13-16H,1,3,12,17-18H2,2H3/b8-5+,14-11-,15-9+,16-10+,19-13+. The fourth-order valence-corrected chi connectivity index (χ4v) is 1.46. The number of carbonyl (C=O) groups is 2. The lowest BCUT2D eigenvalue weighted by Crippen LogP contribution is -2.04. The summed E-state index contributed by atoms with van der Waals surface area (Å²) < 4.78 is 10.1. The number of esters is 2. The van der Waals surface area contributed by atoms with Crippen LogP contribution in [-0.4, -0.2) is 25.2 Å². The van der Waals surface area contributed by atoms with Gasteiger partial charge in [-0.1, -0.05) is 55.7 Å². The number of hydrogen-bond donors (Lipinski definition) is 0. The minimum Gasteiger partial charge on any atom is -0.462 e. The predicted molar refractivity (Wildman–Crippen MR) is 101 cm³/mol. The summed E-state index contributed by atoms with van der Waals surface area (Å²) in [4.78, 5) is 22.8. The second kappa shape index (κ2) is 15.8. The van der Waals surface area contributed by atoms with Crippen LogP contribution in [0, 0.1) is 0 Å². The molecule has 0 aromatic heterocycles. The Morgan fingerprint density at radius 2 is 1.76 bits per heavy atom. The van der Waals surface area contributed by atoms with Crippen molar-refractivity contribution < 1.29 is 19.1 Å². The number of carbonyl (C=O) groups excluding carboxylic acids is 2. The molecule has 25 heavy (non-hydrogen) atoms. The number of allylic oxidation sites excluding steroid dienone is 7. The van der Waals surface area contributed by atoms with Crippen molar-refractivity contribution in [2.75, 3.05) is 13.2 Å². The molecular formula is C21H24O4. The van der Waals surface area contributed by atoms with Crippen LogP contribution in [0.15, 0.2) is 91.3 Å². The third-order valence-electron chi connectivity index (χ3n) is 2.56. The highest BCUT2D eigenvalue weighted by molar-refractivity contribution is 5.82. The molecule has 0 amide bonds. The molecule has 0 N–H and O–H groups in total. The molecule has 0 aliphatic rings. The highest BCUT2D eigenvalue weighted by atomic mass is 16.5. The van der Waals surface area contributed by atoms with Crippen LogP contribution in [0.2, 0.25) is 0 Å². The van der Waals surface area contributed by atoms with E-state index in [1.54, 1.807) is 30.4 Å². The van der Waals surface area contributed by atoms with Crippen molar-refractivity contribution in [2.24, 2.45) is 0 Å². The normalized spacial score (nSPS) is 12.0. The van der Waals surface area contributed by atoms with E-state index in [0.29, 0.717) is 6.42 Å². The molecular weight excluding hydrogens is 316 g/mol. The molecule has 4 heteroatoms. The summed E-state index contributed by atoms with van der Waals surface area (Å²) in [5, 5.41) is 0. The Morgan fingerprint density at radius 3 is 2.44 bits per heavy atom. The second-order valence-corrected chi connectivity index (χ2v) is 4.56. The number of rotatable bonds is 11. The second-order valence-electron chi connectivity index (χ2n) is 4.56. The molecule has 0 bridgehead atoms. The first-order valence-corrected chi connectivity index (χ1v) is 7.77. The third-order valence-corrected chi connectivity index (χ3v) is 2.56. The molecule has 0 rings (SSSR count). The van der Waals surface area contributed by atoms with Crippen LogP contribution in [0.1, 0.15) is 13.3 Å². The summed E-state index contributed by atoms with van der Waals surface area (Å²) in [6.45, 7) is 9.25. The summed E-state index contributed by atoms with van der Waals surface area (Å²) >= 11 is 0. The van der Waals surface area contributed by atoms with Crippen molar-refractivity contribution in [1.82, 2.24) is 0 Å². The lowest BCUT2D eigenvalue weighted by molar-refractivity contribution is -0.138. The molecule has 0 radical (unpaired) electrons. The van der Waals surface area contributed by atoms with E-state index in [2.05, 4.69) is 18.9 Å². The van der Waals surface area contributed by atoms with Crippen LogP contribution in [0.3, 0.4) is 0 Å². The maximum Gasteiger partial charge on any atom is 0.331 e. The Bertz CT molecular complexity index is 624. The van der Waals surface area contributed by atoms with Crippen molar-refractivity contribution in [3.8, 4) is 0 Å². The Labute approximate surface area is 149 Å². The predicted octanol–water partition coefficient (Wildman–Crippen LogP) is 4.16. The van der Waals surface area contributed by atoms with Gasteiger partial charge in [-0.25, -0.2) is 9.59 Å². The van der Waals surface area contributed by atoms with Crippen molar-refractivity contribution in [1.29, 1.82) is 0 Å². The van der Waals surface area contributed by atoms with Gasteiger partial charge < -0.3 is 9.47 Å². The molecule has 132 valence electrons. The summed E-state index contributed by atoms with van der Waals surface area (Å²) in [5.41, 5.74) is 3.30. The molecule has 0 aromatic rings. The van der Waals surface area contributed by atoms with E-state index in [1.165, 1.54) is 24.3 Å². The number of hydrogen-bond acceptors (Lipinski definition) is 4. The Balaban J connectivity index is 4.26. The average Bonchev–Trinajstić information content (AvgIpc) is 2.59. The van der Waals surface area contributed by atoms with E-state index in [1.807, 2.05) is 19.1 Å². The van der Waals surface area contributed by atoms with Gasteiger partial charge in [-0.05, 0) is 31.1 Å². The van der Waals surface area contributed by atoms with E-state index in [9.17, 15) is 9.59 Å². The van der Waals surface area contributed by atoms with Crippen molar-refractivity contribution in [3.05, 3.63) is 91.3 Å². The van der Waals surface area contributed by atoms with E-state index < -0.39 is 11.9 Å². The molecule has 0 aliphatic heterocycles. The van der Waals surface area contributed by atoms with Gasteiger partial charge in [0.15, 0.2) is 0 Å². The largest absolute Gasteiger partial charge is 0.462 e. The summed E-state index contributed by atoms with van der Waals surface area (Å²) in [5.74, 6) is -0.848. The Hall–Kier alpha value is -3.10. The monoisotopic (exact) mass is 340 g/mol. The Morgan fingerprint density at radius 1 is 1.04 bits per heavy atom. The van der Waals surface area contributed by atoms with Gasteiger partial charge in [0.2, 0.25) is 0 Å². The molecule has 0 heterocycles. The fourth-order valence-electron chi connectivity index (χ4n) is 1.46. The summed E-state index contributed by atoms with van der Waals surface area (Å²) in [6.07, 6.45) is 18.4. The fraction of sp³-hybridized carbons (Fsp3) is 0.190. The van der Waals surface area contributed by atoms with Crippen molar-refractivity contribution >= 4 is 11.9 Å². The van der Waals surface area contributed by atoms with Gasteiger partial charge in [-0.3, -0.25) is 0 Å². The van der Waals surface area contributed by atoms with Gasteiger partial charge in [0, 0.05) is 12.2 Å². The van der Waals surface area contributed by atoms with Crippen molar-refractivity contribution in [3.63, 3.8) is 0 Å². The molecule has 0 unspecified atom stereocenters. The lowest BCUT2D eigenvalue weighted by atomic mass is 10.2. The molecule has 0 aliphatic carbocycles. The zero-order valence-electron chi connectivity index (χ0n) is 14.5. The first kappa shape index (κ1) is 21.9. The summed E-state index contributed by atoms with van der Waals surface area (Å²) in [6, 6.07) is 0. The molecule has 0 aromatic carbocycles. The van der Waals surface area contributed by atoms with Gasteiger partial charge in [0.05, 0.1) is 6.61 Å². The zero-order valence-corrected chi connectivity index (χ0v) is 14.5. The van der Waals surface area contributed by atoms with Gasteiger partial charge in [0.25, 0.3) is 0 Å². The summed E-state index contributed by atoms with van der Waals surface area (Å²) in [7, 11) is 0. The minimum absolute atomic E-state index is 0.137. The topological polar surface area (TPSA) is 52.6 Å². The van der Waals surface area contributed by atoms with E-state index in [0.717, 1.165) is 5.57 Å². The van der Waals surface area contributed by atoms with Crippen LogP contribution in [0.25, 0.3) is 0 Å².